The van der Waals surface area contributed by atoms with Gasteiger partial charge in [0.15, 0.2) is 5.82 Å². The molecule has 0 radical (unpaired) electrons. The van der Waals surface area contributed by atoms with E-state index in [1.165, 1.54) is 0 Å². The predicted octanol–water partition coefficient (Wildman–Crippen LogP) is 3.79. The summed E-state index contributed by atoms with van der Waals surface area (Å²) in [6.07, 6.45) is 3.54. The van der Waals surface area contributed by atoms with Crippen molar-refractivity contribution in [2.24, 2.45) is 0 Å². The van der Waals surface area contributed by atoms with Crippen LogP contribution in [0.2, 0.25) is 5.02 Å². The first-order valence-electron chi connectivity index (χ1n) is 7.87. The Bertz CT molecular complexity index is 796. The number of hydrogen-bond acceptors (Lipinski definition) is 4. The van der Waals surface area contributed by atoms with E-state index in [0.717, 1.165) is 11.5 Å². The maximum atomic E-state index is 12.8. The number of hydrogen-bond donors (Lipinski definition) is 1. The van der Waals surface area contributed by atoms with Gasteiger partial charge in [-0.25, -0.2) is 9.78 Å². The molecule has 0 saturated carbocycles. The summed E-state index contributed by atoms with van der Waals surface area (Å²) in [4.78, 5) is 21.0. The number of ether oxygens (including phenoxy) is 1. The van der Waals surface area contributed by atoms with Crippen molar-refractivity contribution in [3.05, 3.63) is 54.2 Å². The molecule has 0 atom stereocenters. The van der Waals surface area contributed by atoms with Crippen molar-refractivity contribution in [2.45, 2.75) is 0 Å². The van der Waals surface area contributed by atoms with Gasteiger partial charge < -0.3 is 15.0 Å². The molecule has 0 unspecified atom stereocenters. The molecule has 0 aliphatic carbocycles. The molecular formula is C18H19ClN4O2. The molecule has 2 amide bonds. The number of carbonyl (C=O) groups is 1. The Morgan fingerprint density at radius 1 is 1.44 bits per heavy atom. The van der Waals surface area contributed by atoms with Crippen molar-refractivity contribution >= 4 is 34.8 Å². The normalized spacial score (nSPS) is 13.2. The molecule has 1 aromatic heterocycles. The number of nitrogens with one attached hydrogen (secondary N) is 1. The molecule has 1 aliphatic heterocycles. The Morgan fingerprint density at radius 3 is 3.04 bits per heavy atom. The number of rotatable bonds is 4. The maximum absolute atomic E-state index is 12.8. The number of pyridine rings is 1. The Labute approximate surface area is 151 Å². The highest BCUT2D eigenvalue weighted by molar-refractivity contribution is 6.31. The van der Waals surface area contributed by atoms with Crippen LogP contribution in [0, 0.1) is 0 Å². The lowest BCUT2D eigenvalue weighted by Gasteiger charge is -2.36. The summed E-state index contributed by atoms with van der Waals surface area (Å²) >= 11 is 6.03. The van der Waals surface area contributed by atoms with Crippen molar-refractivity contribution in [1.82, 2.24) is 4.98 Å². The Kier molecular flexibility index (Phi) is 5.09. The third-order valence-electron chi connectivity index (χ3n) is 3.95. The summed E-state index contributed by atoms with van der Waals surface area (Å²) in [7, 11) is 1.55. The number of amides is 2. The molecule has 0 fully saturated rings. The van der Waals surface area contributed by atoms with Gasteiger partial charge in [0, 0.05) is 30.9 Å². The van der Waals surface area contributed by atoms with Crippen LogP contribution in [0.4, 0.5) is 22.0 Å². The van der Waals surface area contributed by atoms with E-state index in [4.69, 9.17) is 16.3 Å². The van der Waals surface area contributed by atoms with Crippen molar-refractivity contribution in [2.75, 3.05) is 41.9 Å². The zero-order chi connectivity index (χ0) is 17.8. The lowest BCUT2D eigenvalue weighted by molar-refractivity contribution is 0.256. The SMILES string of the molecule is C=CCN1CCN(C(=O)Nc2cc(Cl)ccc2OC)c2cccnc21. The summed E-state index contributed by atoms with van der Waals surface area (Å²) in [6, 6.07) is 8.53. The van der Waals surface area contributed by atoms with Crippen LogP contribution in [0.3, 0.4) is 0 Å². The van der Waals surface area contributed by atoms with Gasteiger partial charge in [-0.15, -0.1) is 6.58 Å². The second-order valence-corrected chi connectivity index (χ2v) is 5.94. The average Bonchev–Trinajstić information content (AvgIpc) is 2.62. The van der Waals surface area contributed by atoms with E-state index in [9.17, 15) is 4.79 Å². The Balaban J connectivity index is 1.87. The number of benzene rings is 1. The van der Waals surface area contributed by atoms with Crippen LogP contribution in [0.1, 0.15) is 0 Å². The highest BCUT2D eigenvalue weighted by Gasteiger charge is 2.27. The molecule has 1 aromatic carbocycles. The highest BCUT2D eigenvalue weighted by atomic mass is 35.5. The van der Waals surface area contributed by atoms with Crippen LogP contribution < -0.4 is 19.9 Å². The lowest BCUT2D eigenvalue weighted by Crippen LogP contribution is -2.46. The zero-order valence-corrected chi connectivity index (χ0v) is 14.7. The monoisotopic (exact) mass is 358 g/mol. The molecule has 0 bridgehead atoms. The summed E-state index contributed by atoms with van der Waals surface area (Å²) in [5, 5.41) is 3.39. The summed E-state index contributed by atoms with van der Waals surface area (Å²) < 4.78 is 5.28. The Hall–Kier alpha value is -2.73. The van der Waals surface area contributed by atoms with Gasteiger partial charge in [-0.2, -0.15) is 0 Å². The quantitative estimate of drug-likeness (QED) is 0.845. The average molecular weight is 359 g/mol. The third kappa shape index (κ3) is 3.53. The molecule has 0 saturated heterocycles. The number of nitrogens with zero attached hydrogens (tertiary/aromatic N) is 3. The number of anilines is 3. The van der Waals surface area contributed by atoms with E-state index in [2.05, 4.69) is 21.8 Å². The van der Waals surface area contributed by atoms with Crippen LogP contribution in [-0.4, -0.2) is 37.8 Å². The number of halogens is 1. The summed E-state index contributed by atoms with van der Waals surface area (Å²) in [6.45, 7) is 5.68. The topological polar surface area (TPSA) is 57.7 Å². The summed E-state index contributed by atoms with van der Waals surface area (Å²) in [5.41, 5.74) is 1.29. The molecule has 7 heteroatoms. The van der Waals surface area contributed by atoms with Crippen molar-refractivity contribution < 1.29 is 9.53 Å². The fourth-order valence-electron chi connectivity index (χ4n) is 2.79. The first-order valence-corrected chi connectivity index (χ1v) is 8.24. The smallest absolute Gasteiger partial charge is 0.326 e. The second-order valence-electron chi connectivity index (χ2n) is 5.51. The number of urea groups is 1. The number of fused-ring (bicyclic) bond motifs is 1. The molecular weight excluding hydrogens is 340 g/mol. The molecule has 3 rings (SSSR count). The van der Waals surface area contributed by atoms with Gasteiger partial charge in [0.25, 0.3) is 0 Å². The van der Waals surface area contributed by atoms with E-state index >= 15 is 0 Å². The minimum atomic E-state index is -0.256. The standard InChI is InChI=1S/C18H19ClN4O2/c1-3-9-22-10-11-23(15-5-4-8-20-17(15)22)18(24)21-14-12-13(19)6-7-16(14)25-2/h3-8,12H,1,9-11H2,2H3,(H,21,24). The fraction of sp³-hybridized carbons (Fsp3) is 0.222. The van der Waals surface area contributed by atoms with Gasteiger partial charge in [0.2, 0.25) is 0 Å². The van der Waals surface area contributed by atoms with Crippen molar-refractivity contribution in [3.63, 3.8) is 0 Å². The molecule has 0 spiro atoms. The van der Waals surface area contributed by atoms with Crippen LogP contribution in [0.5, 0.6) is 5.75 Å². The number of methoxy groups -OCH3 is 1. The summed E-state index contributed by atoms with van der Waals surface area (Å²) in [5.74, 6) is 1.32. The van der Waals surface area contributed by atoms with E-state index in [1.54, 1.807) is 36.4 Å². The molecule has 2 aromatic rings. The molecule has 130 valence electrons. The molecule has 1 aliphatic rings. The van der Waals surface area contributed by atoms with Gasteiger partial charge in [0.1, 0.15) is 5.75 Å². The molecule has 6 nitrogen and oxygen atoms in total. The minimum absolute atomic E-state index is 0.256. The van der Waals surface area contributed by atoms with Crippen molar-refractivity contribution in [1.29, 1.82) is 0 Å². The van der Waals surface area contributed by atoms with Gasteiger partial charge in [0.05, 0.1) is 18.5 Å². The predicted molar refractivity (Wildman–Crippen MR) is 101 cm³/mol. The lowest BCUT2D eigenvalue weighted by atomic mass is 10.2. The number of aromatic nitrogens is 1. The van der Waals surface area contributed by atoms with Crippen LogP contribution in [0.25, 0.3) is 0 Å². The minimum Gasteiger partial charge on any atom is -0.495 e. The number of carbonyl (C=O) groups excluding carboxylic acids is 1. The Morgan fingerprint density at radius 2 is 2.28 bits per heavy atom. The van der Waals surface area contributed by atoms with E-state index in [-0.39, 0.29) is 6.03 Å². The molecule has 25 heavy (non-hydrogen) atoms. The fourth-order valence-corrected chi connectivity index (χ4v) is 2.97. The zero-order valence-electron chi connectivity index (χ0n) is 13.9. The highest BCUT2D eigenvalue weighted by Crippen LogP contribution is 2.32. The first kappa shape index (κ1) is 17.1. The molecule has 1 N–H and O–H groups in total. The maximum Gasteiger partial charge on any atom is 0.326 e. The van der Waals surface area contributed by atoms with Gasteiger partial charge in [-0.1, -0.05) is 17.7 Å². The second kappa shape index (κ2) is 7.44. The molecule has 2 heterocycles. The van der Waals surface area contributed by atoms with E-state index < -0.39 is 0 Å². The first-order chi connectivity index (χ1) is 12.1. The third-order valence-corrected chi connectivity index (χ3v) is 4.18. The van der Waals surface area contributed by atoms with Crippen LogP contribution >= 0.6 is 11.6 Å². The van der Waals surface area contributed by atoms with Gasteiger partial charge >= 0.3 is 6.03 Å². The van der Waals surface area contributed by atoms with Gasteiger partial charge in [-0.05, 0) is 30.3 Å². The van der Waals surface area contributed by atoms with E-state index in [0.29, 0.717) is 36.1 Å². The van der Waals surface area contributed by atoms with Gasteiger partial charge in [-0.3, -0.25) is 4.90 Å². The van der Waals surface area contributed by atoms with Crippen LogP contribution in [-0.2, 0) is 0 Å². The van der Waals surface area contributed by atoms with Crippen LogP contribution in [0.15, 0.2) is 49.2 Å². The van der Waals surface area contributed by atoms with Crippen molar-refractivity contribution in [3.8, 4) is 5.75 Å². The van der Waals surface area contributed by atoms with E-state index in [1.807, 2.05) is 18.2 Å². The largest absolute Gasteiger partial charge is 0.495 e.